The summed E-state index contributed by atoms with van der Waals surface area (Å²) in [5.74, 6) is -1.98. The first-order valence-corrected chi connectivity index (χ1v) is 11.0. The van der Waals surface area contributed by atoms with Gasteiger partial charge in [-0.2, -0.15) is 5.10 Å². The predicted molar refractivity (Wildman–Crippen MR) is 123 cm³/mol. The van der Waals surface area contributed by atoms with Crippen molar-refractivity contribution in [3.63, 3.8) is 0 Å². The fourth-order valence-corrected chi connectivity index (χ4v) is 5.32. The van der Waals surface area contributed by atoms with Gasteiger partial charge in [-0.15, -0.1) is 0 Å². The molecule has 9 heteroatoms. The second-order valence-corrected chi connectivity index (χ2v) is 8.78. The van der Waals surface area contributed by atoms with Gasteiger partial charge in [-0.1, -0.05) is 6.07 Å². The summed E-state index contributed by atoms with van der Waals surface area (Å²) in [4.78, 5) is 29.8. The van der Waals surface area contributed by atoms with Gasteiger partial charge in [0.05, 0.1) is 24.2 Å². The number of hydrogen-bond acceptors (Lipinski definition) is 5. The van der Waals surface area contributed by atoms with Gasteiger partial charge in [-0.25, -0.2) is 9.18 Å². The molecule has 4 heterocycles. The van der Waals surface area contributed by atoms with Crippen molar-refractivity contribution in [3.8, 4) is 5.75 Å². The highest BCUT2D eigenvalue weighted by atomic mass is 19.1. The zero-order valence-electron chi connectivity index (χ0n) is 18.3. The Hall–Kier alpha value is -4.14. The number of aromatic nitrogens is 3. The van der Waals surface area contributed by atoms with E-state index < -0.39 is 23.7 Å². The number of aliphatic carboxylic acids is 1. The van der Waals surface area contributed by atoms with Gasteiger partial charge in [0.2, 0.25) is 0 Å². The van der Waals surface area contributed by atoms with Crippen molar-refractivity contribution < 1.29 is 19.0 Å². The Morgan fingerprint density at radius 3 is 3.00 bits per heavy atom. The molecule has 2 aromatic heterocycles. The number of benzene rings is 2. The van der Waals surface area contributed by atoms with Crippen LogP contribution in [-0.2, 0) is 17.8 Å². The van der Waals surface area contributed by atoms with E-state index >= 15 is 4.39 Å². The van der Waals surface area contributed by atoms with Crippen LogP contribution >= 0.6 is 0 Å². The van der Waals surface area contributed by atoms with Gasteiger partial charge < -0.3 is 19.7 Å². The summed E-state index contributed by atoms with van der Waals surface area (Å²) in [7, 11) is 0. The lowest BCUT2D eigenvalue weighted by Gasteiger charge is -2.28. The minimum absolute atomic E-state index is 0.219. The lowest BCUT2D eigenvalue weighted by Crippen LogP contribution is -2.42. The molecule has 0 amide bonds. The average molecular weight is 460 g/mol. The van der Waals surface area contributed by atoms with E-state index in [1.165, 1.54) is 12.3 Å². The Balaban J connectivity index is 1.58. The standard InChI is InChI=1S/C25H21FN4O4/c1-12-7-18-13(10-28-29-18)8-14(12)11-30-19-9-17(26)15-4-6-34-23(15)21(19)20(22(30)25(32)33)16-3-2-5-27-24(16)31/h2-3,5,7-10,20,22H,4,6,11H2,1H3,(H,27,31)(H,28,29)(H,32,33). The maximum atomic E-state index is 15.1. The summed E-state index contributed by atoms with van der Waals surface area (Å²) in [6.45, 7) is 2.47. The van der Waals surface area contributed by atoms with Crippen molar-refractivity contribution in [1.29, 1.82) is 0 Å². The van der Waals surface area contributed by atoms with Crippen LogP contribution in [0.4, 0.5) is 10.1 Å². The summed E-state index contributed by atoms with van der Waals surface area (Å²) < 4.78 is 20.9. The van der Waals surface area contributed by atoms with E-state index in [9.17, 15) is 14.7 Å². The molecule has 2 atom stereocenters. The highest BCUT2D eigenvalue weighted by Crippen LogP contribution is 2.52. The van der Waals surface area contributed by atoms with Gasteiger partial charge in [-0.05, 0) is 42.3 Å². The Bertz CT molecular complexity index is 1530. The fourth-order valence-electron chi connectivity index (χ4n) is 5.32. The van der Waals surface area contributed by atoms with Crippen LogP contribution in [0, 0.1) is 12.7 Å². The minimum atomic E-state index is -1.12. The van der Waals surface area contributed by atoms with Gasteiger partial charge in [0.1, 0.15) is 17.6 Å². The number of anilines is 1. The summed E-state index contributed by atoms with van der Waals surface area (Å²) in [5, 5.41) is 18.3. The van der Waals surface area contributed by atoms with Gasteiger partial charge in [0.15, 0.2) is 0 Å². The molecule has 34 heavy (non-hydrogen) atoms. The summed E-state index contributed by atoms with van der Waals surface area (Å²) in [5.41, 5.74) is 4.06. The molecule has 0 spiro atoms. The van der Waals surface area contributed by atoms with Crippen molar-refractivity contribution in [2.75, 3.05) is 11.5 Å². The van der Waals surface area contributed by atoms with E-state index in [0.29, 0.717) is 41.2 Å². The second-order valence-electron chi connectivity index (χ2n) is 8.78. The quantitative estimate of drug-likeness (QED) is 0.431. The first-order valence-electron chi connectivity index (χ1n) is 11.0. The molecule has 6 rings (SSSR count). The number of carboxylic acid groups (broad SMARTS) is 1. The minimum Gasteiger partial charge on any atom is -0.492 e. The second kappa shape index (κ2) is 7.44. The normalized spacial score (nSPS) is 18.7. The highest BCUT2D eigenvalue weighted by molar-refractivity contribution is 5.87. The fraction of sp³-hybridized carbons (Fsp3) is 0.240. The molecule has 3 N–H and O–H groups in total. The SMILES string of the molecule is Cc1cc2[nH]ncc2cc1CN1c2cc(F)c3c(c2C(c2ccc[nH]c2=O)C1C(=O)O)OCC3. The number of ether oxygens (including phenoxy) is 1. The van der Waals surface area contributed by atoms with E-state index in [0.717, 1.165) is 22.0 Å². The highest BCUT2D eigenvalue weighted by Gasteiger charge is 2.48. The lowest BCUT2D eigenvalue weighted by atomic mass is 9.87. The number of fused-ring (bicyclic) bond motifs is 4. The molecule has 0 fully saturated rings. The van der Waals surface area contributed by atoms with Gasteiger partial charge in [0.25, 0.3) is 5.56 Å². The Morgan fingerprint density at radius 2 is 2.21 bits per heavy atom. The van der Waals surface area contributed by atoms with Crippen molar-refractivity contribution >= 4 is 22.6 Å². The topological polar surface area (TPSA) is 111 Å². The number of H-pyrrole nitrogens is 2. The third-order valence-corrected chi connectivity index (χ3v) is 6.89. The first-order chi connectivity index (χ1) is 16.4. The van der Waals surface area contributed by atoms with E-state index in [-0.39, 0.29) is 12.1 Å². The Kier molecular flexibility index (Phi) is 4.48. The van der Waals surface area contributed by atoms with Crippen LogP contribution in [-0.4, -0.2) is 38.9 Å². The van der Waals surface area contributed by atoms with Crippen LogP contribution in [0.3, 0.4) is 0 Å². The first kappa shape index (κ1) is 20.5. The van der Waals surface area contributed by atoms with Crippen molar-refractivity contribution in [3.05, 3.63) is 86.7 Å². The molecule has 2 aromatic carbocycles. The summed E-state index contributed by atoms with van der Waals surface area (Å²) >= 11 is 0. The number of nitrogens with zero attached hydrogens (tertiary/aromatic N) is 2. The number of hydrogen-bond donors (Lipinski definition) is 3. The van der Waals surface area contributed by atoms with Crippen LogP contribution in [0.2, 0.25) is 0 Å². The van der Waals surface area contributed by atoms with Crippen LogP contribution in [0.5, 0.6) is 5.75 Å². The van der Waals surface area contributed by atoms with E-state index in [1.54, 1.807) is 23.2 Å². The predicted octanol–water partition coefficient (Wildman–Crippen LogP) is 3.24. The molecule has 0 bridgehead atoms. The third-order valence-electron chi connectivity index (χ3n) is 6.89. The molecule has 0 aliphatic carbocycles. The number of pyridine rings is 1. The van der Waals surface area contributed by atoms with Crippen LogP contribution in [0.15, 0.2) is 47.5 Å². The maximum absolute atomic E-state index is 15.1. The molecule has 0 saturated carbocycles. The molecule has 0 radical (unpaired) electrons. The molecule has 2 aliphatic heterocycles. The van der Waals surface area contributed by atoms with Crippen LogP contribution < -0.4 is 15.2 Å². The summed E-state index contributed by atoms with van der Waals surface area (Å²) in [6.07, 6.45) is 3.61. The van der Waals surface area contributed by atoms with Crippen molar-refractivity contribution in [2.45, 2.75) is 31.8 Å². The molecule has 8 nitrogen and oxygen atoms in total. The zero-order valence-corrected chi connectivity index (χ0v) is 18.3. The zero-order chi connectivity index (χ0) is 23.6. The molecule has 2 unspecified atom stereocenters. The number of aromatic amines is 2. The molecule has 0 saturated heterocycles. The Morgan fingerprint density at radius 1 is 1.35 bits per heavy atom. The van der Waals surface area contributed by atoms with E-state index in [4.69, 9.17) is 4.74 Å². The number of carbonyl (C=O) groups is 1. The number of nitrogens with one attached hydrogen (secondary N) is 2. The van der Waals surface area contributed by atoms with Crippen LogP contribution in [0.25, 0.3) is 10.9 Å². The third kappa shape index (κ3) is 2.93. The van der Waals surface area contributed by atoms with Gasteiger partial charge >= 0.3 is 5.97 Å². The number of halogens is 1. The largest absolute Gasteiger partial charge is 0.492 e. The van der Waals surface area contributed by atoms with E-state index in [1.807, 2.05) is 19.1 Å². The van der Waals surface area contributed by atoms with Gasteiger partial charge in [-0.3, -0.25) is 9.89 Å². The number of rotatable bonds is 4. The smallest absolute Gasteiger partial charge is 0.327 e. The monoisotopic (exact) mass is 460 g/mol. The van der Waals surface area contributed by atoms with Crippen molar-refractivity contribution in [2.24, 2.45) is 0 Å². The maximum Gasteiger partial charge on any atom is 0.327 e. The van der Waals surface area contributed by atoms with Crippen molar-refractivity contribution in [1.82, 2.24) is 15.2 Å². The molecular formula is C25H21FN4O4. The molecule has 172 valence electrons. The van der Waals surface area contributed by atoms with Crippen LogP contribution in [0.1, 0.15) is 33.7 Å². The lowest BCUT2D eigenvalue weighted by molar-refractivity contribution is -0.138. The number of aryl methyl sites for hydroxylation is 1. The van der Waals surface area contributed by atoms with Gasteiger partial charge in [0, 0.05) is 46.9 Å². The summed E-state index contributed by atoms with van der Waals surface area (Å²) in [6, 6.07) is 7.47. The molecular weight excluding hydrogens is 439 g/mol. The van der Waals surface area contributed by atoms with E-state index in [2.05, 4.69) is 15.2 Å². The molecule has 4 aromatic rings. The molecule has 2 aliphatic rings. The number of carboxylic acids is 1. The average Bonchev–Trinajstić information content (AvgIpc) is 3.52. The Labute approximate surface area is 193 Å².